The van der Waals surface area contributed by atoms with Gasteiger partial charge >= 0.3 is 5.97 Å². The van der Waals surface area contributed by atoms with Gasteiger partial charge in [0.2, 0.25) is 10.0 Å². The largest absolute Gasteiger partial charge is 0.490 e. The zero-order chi connectivity index (χ0) is 18.4. The summed E-state index contributed by atoms with van der Waals surface area (Å²) in [6.45, 7) is 2.10. The van der Waals surface area contributed by atoms with Crippen molar-refractivity contribution < 1.29 is 32.2 Å². The van der Waals surface area contributed by atoms with Gasteiger partial charge in [-0.05, 0) is 19.1 Å². The fraction of sp³-hybridized carbons (Fsp3) is 0.467. The van der Waals surface area contributed by atoms with E-state index in [1.165, 1.54) is 25.1 Å². The summed E-state index contributed by atoms with van der Waals surface area (Å²) < 4.78 is 42.5. The zero-order valence-corrected chi connectivity index (χ0v) is 14.5. The molecule has 2 rings (SSSR count). The van der Waals surface area contributed by atoms with Gasteiger partial charge in [0.1, 0.15) is 0 Å². The van der Waals surface area contributed by atoms with E-state index in [0.29, 0.717) is 31.1 Å². The van der Waals surface area contributed by atoms with Crippen LogP contribution < -0.4 is 19.9 Å². The number of amides is 1. The third-order valence-electron chi connectivity index (χ3n) is 3.36. The second-order valence-corrected chi connectivity index (χ2v) is 7.11. The Morgan fingerprint density at radius 1 is 1.28 bits per heavy atom. The summed E-state index contributed by atoms with van der Waals surface area (Å²) in [5, 5.41) is 0. The number of nitrogens with one attached hydrogen (secondary N) is 1. The SMILES string of the molecule is CC(OC(=O)CCNS(=O)(=O)c1ccc2c(c1)OCCCO2)C(N)=O. The van der Waals surface area contributed by atoms with E-state index < -0.39 is 28.0 Å². The fourth-order valence-electron chi connectivity index (χ4n) is 2.00. The lowest BCUT2D eigenvalue weighted by Gasteiger charge is -2.11. The minimum atomic E-state index is -3.83. The predicted octanol–water partition coefficient (Wildman–Crippen LogP) is -0.0667. The van der Waals surface area contributed by atoms with E-state index in [4.69, 9.17) is 19.9 Å². The molecule has 1 atom stereocenters. The van der Waals surface area contributed by atoms with E-state index in [1.807, 2.05) is 0 Å². The summed E-state index contributed by atoms with van der Waals surface area (Å²) in [4.78, 5) is 22.3. The monoisotopic (exact) mass is 372 g/mol. The first kappa shape index (κ1) is 19.0. The normalized spacial score (nSPS) is 15.1. The standard InChI is InChI=1S/C15H20N2O7S/c1-10(15(16)19)24-14(18)5-6-17-25(20,21)11-3-4-12-13(9-11)23-8-2-7-22-12/h3-4,9-10,17H,2,5-8H2,1H3,(H2,16,19). The molecule has 1 aliphatic rings. The Kier molecular flexibility index (Phi) is 6.21. The van der Waals surface area contributed by atoms with Crippen LogP contribution in [0.3, 0.4) is 0 Å². The average Bonchev–Trinajstić information content (AvgIpc) is 2.79. The van der Waals surface area contributed by atoms with E-state index in [2.05, 4.69) is 4.72 Å². The van der Waals surface area contributed by atoms with Crippen LogP contribution in [0.1, 0.15) is 19.8 Å². The summed E-state index contributed by atoms with van der Waals surface area (Å²) >= 11 is 0. The molecule has 1 aromatic rings. The van der Waals surface area contributed by atoms with Crippen molar-refractivity contribution in [2.45, 2.75) is 30.8 Å². The Balaban J connectivity index is 1.94. The van der Waals surface area contributed by atoms with Gasteiger partial charge in [0.05, 0.1) is 24.5 Å². The number of hydrogen-bond acceptors (Lipinski definition) is 7. The lowest BCUT2D eigenvalue weighted by Crippen LogP contribution is -2.32. The Morgan fingerprint density at radius 3 is 2.64 bits per heavy atom. The molecule has 25 heavy (non-hydrogen) atoms. The van der Waals surface area contributed by atoms with Crippen LogP contribution in [0.25, 0.3) is 0 Å². The molecule has 1 unspecified atom stereocenters. The molecule has 3 N–H and O–H groups in total. The topological polar surface area (TPSA) is 134 Å². The number of rotatable bonds is 7. The van der Waals surface area contributed by atoms with Gasteiger partial charge in [-0.3, -0.25) is 9.59 Å². The summed E-state index contributed by atoms with van der Waals surface area (Å²) in [6.07, 6.45) is -0.590. The van der Waals surface area contributed by atoms with Crippen LogP contribution >= 0.6 is 0 Å². The molecule has 0 aromatic heterocycles. The number of sulfonamides is 1. The number of carbonyl (C=O) groups excluding carboxylic acids is 2. The van der Waals surface area contributed by atoms with Crippen molar-refractivity contribution in [3.05, 3.63) is 18.2 Å². The highest BCUT2D eigenvalue weighted by molar-refractivity contribution is 7.89. The number of primary amides is 1. The summed E-state index contributed by atoms with van der Waals surface area (Å²) in [6, 6.07) is 4.29. The first-order valence-corrected chi connectivity index (χ1v) is 9.16. The smallest absolute Gasteiger partial charge is 0.307 e. The molecule has 1 amide bonds. The van der Waals surface area contributed by atoms with Crippen LogP contribution in [0.2, 0.25) is 0 Å². The maximum atomic E-state index is 12.3. The second kappa shape index (κ2) is 8.17. The number of ether oxygens (including phenoxy) is 3. The highest BCUT2D eigenvalue weighted by atomic mass is 32.2. The molecule has 1 aromatic carbocycles. The molecule has 0 aliphatic carbocycles. The van der Waals surface area contributed by atoms with Crippen LogP contribution in [0, 0.1) is 0 Å². The minimum absolute atomic E-state index is 0.00405. The van der Waals surface area contributed by atoms with Crippen molar-refractivity contribution in [2.75, 3.05) is 19.8 Å². The highest BCUT2D eigenvalue weighted by Crippen LogP contribution is 2.31. The van der Waals surface area contributed by atoms with Crippen molar-refractivity contribution in [1.29, 1.82) is 0 Å². The quantitative estimate of drug-likeness (QED) is 0.640. The van der Waals surface area contributed by atoms with Gasteiger partial charge in [-0.25, -0.2) is 13.1 Å². The Morgan fingerprint density at radius 2 is 1.96 bits per heavy atom. The van der Waals surface area contributed by atoms with Gasteiger partial charge in [0.15, 0.2) is 17.6 Å². The molecule has 9 nitrogen and oxygen atoms in total. The number of benzene rings is 1. The molecule has 0 spiro atoms. The van der Waals surface area contributed by atoms with E-state index >= 15 is 0 Å². The molecule has 0 fully saturated rings. The van der Waals surface area contributed by atoms with Crippen LogP contribution in [-0.2, 0) is 24.3 Å². The van der Waals surface area contributed by atoms with Gasteiger partial charge in [-0.2, -0.15) is 0 Å². The molecule has 0 saturated carbocycles. The second-order valence-electron chi connectivity index (χ2n) is 5.34. The summed E-state index contributed by atoms with van der Waals surface area (Å²) in [5.74, 6) is -0.663. The zero-order valence-electron chi connectivity index (χ0n) is 13.7. The number of fused-ring (bicyclic) bond motifs is 1. The third kappa shape index (κ3) is 5.33. The fourth-order valence-corrected chi connectivity index (χ4v) is 3.04. The number of nitrogens with two attached hydrogens (primary N) is 1. The molecule has 1 heterocycles. The molecular formula is C15H20N2O7S. The van der Waals surface area contributed by atoms with Crippen molar-refractivity contribution in [3.8, 4) is 11.5 Å². The van der Waals surface area contributed by atoms with Crippen molar-refractivity contribution in [1.82, 2.24) is 4.72 Å². The molecule has 0 radical (unpaired) electrons. The summed E-state index contributed by atoms with van der Waals surface area (Å²) in [5.41, 5.74) is 4.98. The predicted molar refractivity (Wildman–Crippen MR) is 86.6 cm³/mol. The maximum Gasteiger partial charge on any atom is 0.307 e. The van der Waals surface area contributed by atoms with Crippen molar-refractivity contribution in [3.63, 3.8) is 0 Å². The number of carbonyl (C=O) groups is 2. The molecule has 0 saturated heterocycles. The maximum absolute atomic E-state index is 12.3. The molecule has 138 valence electrons. The van der Waals surface area contributed by atoms with Crippen molar-refractivity contribution >= 4 is 21.9 Å². The Hall–Kier alpha value is -2.33. The van der Waals surface area contributed by atoms with Crippen LogP contribution in [0.5, 0.6) is 11.5 Å². The number of esters is 1. The van der Waals surface area contributed by atoms with E-state index in [9.17, 15) is 18.0 Å². The molecule has 0 bridgehead atoms. The van der Waals surface area contributed by atoms with Gasteiger partial charge in [0, 0.05) is 19.0 Å². The average molecular weight is 372 g/mol. The van der Waals surface area contributed by atoms with Gasteiger partial charge in [-0.15, -0.1) is 0 Å². The minimum Gasteiger partial charge on any atom is -0.490 e. The van der Waals surface area contributed by atoms with Crippen molar-refractivity contribution in [2.24, 2.45) is 5.73 Å². The molecule has 1 aliphatic heterocycles. The van der Waals surface area contributed by atoms with E-state index in [0.717, 1.165) is 0 Å². The lowest BCUT2D eigenvalue weighted by molar-refractivity contribution is -0.153. The van der Waals surface area contributed by atoms with Crippen LogP contribution in [-0.4, -0.2) is 46.2 Å². The molecular weight excluding hydrogens is 352 g/mol. The van der Waals surface area contributed by atoms with Gasteiger partial charge < -0.3 is 19.9 Å². The highest BCUT2D eigenvalue weighted by Gasteiger charge is 2.20. The first-order valence-electron chi connectivity index (χ1n) is 7.68. The van der Waals surface area contributed by atoms with Crippen LogP contribution in [0.15, 0.2) is 23.1 Å². The Bertz CT molecular complexity index is 748. The van der Waals surface area contributed by atoms with Gasteiger partial charge in [-0.1, -0.05) is 0 Å². The number of hydrogen-bond donors (Lipinski definition) is 2. The molecule has 10 heteroatoms. The summed E-state index contributed by atoms with van der Waals surface area (Å²) in [7, 11) is -3.83. The lowest BCUT2D eigenvalue weighted by atomic mass is 10.3. The van der Waals surface area contributed by atoms with Crippen LogP contribution in [0.4, 0.5) is 0 Å². The Labute approximate surface area is 145 Å². The van der Waals surface area contributed by atoms with E-state index in [-0.39, 0.29) is 17.9 Å². The third-order valence-corrected chi connectivity index (χ3v) is 4.82. The first-order chi connectivity index (χ1) is 11.8. The van der Waals surface area contributed by atoms with Gasteiger partial charge in [0.25, 0.3) is 5.91 Å². The van der Waals surface area contributed by atoms with E-state index in [1.54, 1.807) is 0 Å².